The first kappa shape index (κ1) is 17.8. The van der Waals surface area contributed by atoms with Gasteiger partial charge in [-0.15, -0.1) is 0 Å². The van der Waals surface area contributed by atoms with Crippen LogP contribution in [0.4, 0.5) is 5.69 Å². The molecule has 0 aromatic heterocycles. The Kier molecular flexibility index (Phi) is 5.30. The van der Waals surface area contributed by atoms with Crippen molar-refractivity contribution in [3.05, 3.63) is 29.3 Å². The largest absolute Gasteiger partial charge is 0.371 e. The molecule has 5 heteroatoms. The van der Waals surface area contributed by atoms with E-state index >= 15 is 0 Å². The Labute approximate surface area is 150 Å². The molecule has 0 unspecified atom stereocenters. The number of rotatable bonds is 3. The van der Waals surface area contributed by atoms with Gasteiger partial charge < -0.3 is 14.7 Å². The minimum Gasteiger partial charge on any atom is -0.371 e. The standard InChI is InChI=1S/C20H29N3O2/c1-15-6-7-19(22-10-4-5-11-22)18(14-15)20(25)23-12-8-17(9-13-23)21(3)16(2)24/h6-7,14,17H,4-5,8-13H2,1-3H3. The number of nitrogens with zero attached hydrogens (tertiary/aromatic N) is 3. The zero-order valence-electron chi connectivity index (χ0n) is 15.6. The summed E-state index contributed by atoms with van der Waals surface area (Å²) in [4.78, 5) is 30.8. The molecule has 0 radical (unpaired) electrons. The summed E-state index contributed by atoms with van der Waals surface area (Å²) in [7, 11) is 1.86. The van der Waals surface area contributed by atoms with Gasteiger partial charge in [0, 0.05) is 51.9 Å². The molecule has 2 amide bonds. The number of carbonyl (C=O) groups is 2. The maximum absolute atomic E-state index is 13.2. The van der Waals surface area contributed by atoms with E-state index in [4.69, 9.17) is 0 Å². The lowest BCUT2D eigenvalue weighted by Gasteiger charge is -2.37. The van der Waals surface area contributed by atoms with Gasteiger partial charge in [0.15, 0.2) is 0 Å². The quantitative estimate of drug-likeness (QED) is 0.847. The highest BCUT2D eigenvalue weighted by Gasteiger charge is 2.29. The van der Waals surface area contributed by atoms with Crippen molar-refractivity contribution >= 4 is 17.5 Å². The van der Waals surface area contributed by atoms with Crippen molar-refractivity contribution in [3.63, 3.8) is 0 Å². The molecule has 2 saturated heterocycles. The van der Waals surface area contributed by atoms with Crippen LogP contribution in [0.5, 0.6) is 0 Å². The van der Waals surface area contributed by atoms with Crippen molar-refractivity contribution < 1.29 is 9.59 Å². The minimum atomic E-state index is 0.0970. The van der Waals surface area contributed by atoms with E-state index in [-0.39, 0.29) is 17.9 Å². The normalized spacial score (nSPS) is 18.5. The second kappa shape index (κ2) is 7.46. The van der Waals surface area contributed by atoms with Gasteiger partial charge in [0.25, 0.3) is 5.91 Å². The molecule has 1 aromatic carbocycles. The molecule has 2 aliphatic heterocycles. The lowest BCUT2D eigenvalue weighted by molar-refractivity contribution is -0.130. The summed E-state index contributed by atoms with van der Waals surface area (Å²) in [6, 6.07) is 6.48. The Balaban J connectivity index is 1.73. The fourth-order valence-corrected chi connectivity index (χ4v) is 3.94. The summed E-state index contributed by atoms with van der Waals surface area (Å²) in [5, 5.41) is 0. The third kappa shape index (κ3) is 3.80. The van der Waals surface area contributed by atoms with Crippen molar-refractivity contribution in [1.82, 2.24) is 9.80 Å². The van der Waals surface area contributed by atoms with Crippen LogP contribution in [0.1, 0.15) is 48.5 Å². The predicted octanol–water partition coefficient (Wildman–Crippen LogP) is 2.68. The Morgan fingerprint density at radius 2 is 1.72 bits per heavy atom. The fraction of sp³-hybridized carbons (Fsp3) is 0.600. The molecule has 1 aromatic rings. The topological polar surface area (TPSA) is 43.9 Å². The Bertz CT molecular complexity index is 644. The molecule has 25 heavy (non-hydrogen) atoms. The molecule has 0 saturated carbocycles. The van der Waals surface area contributed by atoms with E-state index in [0.717, 1.165) is 42.7 Å². The highest BCUT2D eigenvalue weighted by atomic mass is 16.2. The van der Waals surface area contributed by atoms with Gasteiger partial charge in [-0.2, -0.15) is 0 Å². The number of carbonyl (C=O) groups excluding carboxylic acids is 2. The van der Waals surface area contributed by atoms with E-state index < -0.39 is 0 Å². The second-order valence-electron chi connectivity index (χ2n) is 7.37. The monoisotopic (exact) mass is 343 g/mol. The van der Waals surface area contributed by atoms with Crippen LogP contribution in [0.2, 0.25) is 0 Å². The molecule has 3 rings (SSSR count). The van der Waals surface area contributed by atoms with Crippen LogP contribution in [0, 0.1) is 6.92 Å². The van der Waals surface area contributed by atoms with Gasteiger partial charge in [-0.05, 0) is 44.7 Å². The van der Waals surface area contributed by atoms with Gasteiger partial charge in [-0.1, -0.05) is 11.6 Å². The lowest BCUT2D eigenvalue weighted by Crippen LogP contribution is -2.47. The van der Waals surface area contributed by atoms with E-state index in [9.17, 15) is 9.59 Å². The summed E-state index contributed by atoms with van der Waals surface area (Å²) in [5.41, 5.74) is 3.04. The van der Waals surface area contributed by atoms with Crippen LogP contribution in [0.3, 0.4) is 0 Å². The average Bonchev–Trinajstić information content (AvgIpc) is 3.15. The van der Waals surface area contributed by atoms with Gasteiger partial charge in [-0.25, -0.2) is 0 Å². The third-order valence-corrected chi connectivity index (χ3v) is 5.63. The van der Waals surface area contributed by atoms with E-state index in [1.807, 2.05) is 29.8 Å². The summed E-state index contributed by atoms with van der Waals surface area (Å²) in [6.07, 6.45) is 4.11. The van der Waals surface area contributed by atoms with Crippen LogP contribution < -0.4 is 4.90 Å². The molecule has 0 spiro atoms. The van der Waals surface area contributed by atoms with E-state index in [2.05, 4.69) is 17.0 Å². The van der Waals surface area contributed by atoms with Crippen LogP contribution >= 0.6 is 0 Å². The number of amides is 2. The first-order valence-electron chi connectivity index (χ1n) is 9.35. The van der Waals surface area contributed by atoms with E-state index in [1.54, 1.807) is 6.92 Å². The third-order valence-electron chi connectivity index (χ3n) is 5.63. The van der Waals surface area contributed by atoms with Crippen molar-refractivity contribution in [3.8, 4) is 0 Å². The fourth-order valence-electron chi connectivity index (χ4n) is 3.94. The average molecular weight is 343 g/mol. The maximum Gasteiger partial charge on any atom is 0.255 e. The summed E-state index contributed by atoms with van der Waals surface area (Å²) >= 11 is 0. The smallest absolute Gasteiger partial charge is 0.255 e. The van der Waals surface area contributed by atoms with Crippen LogP contribution in [0.25, 0.3) is 0 Å². The van der Waals surface area contributed by atoms with Gasteiger partial charge in [0.05, 0.1) is 5.56 Å². The van der Waals surface area contributed by atoms with Crippen molar-refractivity contribution in [2.75, 3.05) is 38.1 Å². The number of hydrogen-bond donors (Lipinski definition) is 0. The molecule has 2 aliphatic rings. The van der Waals surface area contributed by atoms with Gasteiger partial charge >= 0.3 is 0 Å². The highest BCUT2D eigenvalue weighted by Crippen LogP contribution is 2.28. The van der Waals surface area contributed by atoms with Gasteiger partial charge in [0.1, 0.15) is 0 Å². The van der Waals surface area contributed by atoms with Crippen molar-refractivity contribution in [1.29, 1.82) is 0 Å². The Morgan fingerprint density at radius 3 is 2.32 bits per heavy atom. The van der Waals surface area contributed by atoms with Crippen LogP contribution in [-0.2, 0) is 4.79 Å². The number of anilines is 1. The predicted molar refractivity (Wildman–Crippen MR) is 100.0 cm³/mol. The number of aryl methyl sites for hydroxylation is 1. The minimum absolute atomic E-state index is 0.0970. The molecule has 5 nitrogen and oxygen atoms in total. The zero-order chi connectivity index (χ0) is 18.0. The number of piperidine rings is 1. The molecule has 0 N–H and O–H groups in total. The molecule has 2 fully saturated rings. The van der Waals surface area contributed by atoms with Gasteiger partial charge in [0.2, 0.25) is 5.91 Å². The molecule has 136 valence electrons. The molecule has 0 atom stereocenters. The summed E-state index contributed by atoms with van der Waals surface area (Å²) in [6.45, 7) is 7.15. The van der Waals surface area contributed by atoms with Crippen LogP contribution in [0.15, 0.2) is 18.2 Å². The first-order valence-corrected chi connectivity index (χ1v) is 9.35. The van der Waals surface area contributed by atoms with E-state index in [0.29, 0.717) is 13.1 Å². The van der Waals surface area contributed by atoms with E-state index in [1.165, 1.54) is 12.8 Å². The molecular formula is C20H29N3O2. The van der Waals surface area contributed by atoms with Crippen LogP contribution in [-0.4, -0.2) is 60.9 Å². The highest BCUT2D eigenvalue weighted by molar-refractivity contribution is 6.00. The van der Waals surface area contributed by atoms with Crippen molar-refractivity contribution in [2.24, 2.45) is 0 Å². The van der Waals surface area contributed by atoms with Gasteiger partial charge in [-0.3, -0.25) is 9.59 Å². The lowest BCUT2D eigenvalue weighted by atomic mass is 10.0. The molecule has 0 bridgehead atoms. The maximum atomic E-state index is 13.2. The summed E-state index contributed by atoms with van der Waals surface area (Å²) < 4.78 is 0. The molecule has 2 heterocycles. The number of benzene rings is 1. The number of likely N-dealkylation sites (tertiary alicyclic amines) is 1. The number of hydrogen-bond acceptors (Lipinski definition) is 3. The SMILES string of the molecule is CC(=O)N(C)C1CCN(C(=O)c2cc(C)ccc2N2CCCC2)CC1. The first-order chi connectivity index (χ1) is 12.0. The zero-order valence-corrected chi connectivity index (χ0v) is 15.6. The second-order valence-corrected chi connectivity index (χ2v) is 7.37. The summed E-state index contributed by atoms with van der Waals surface area (Å²) in [5.74, 6) is 0.231. The van der Waals surface area contributed by atoms with Crippen molar-refractivity contribution in [2.45, 2.75) is 45.6 Å². The molecular weight excluding hydrogens is 314 g/mol. The Morgan fingerprint density at radius 1 is 1.08 bits per heavy atom. The Hall–Kier alpha value is -2.04. The molecule has 0 aliphatic carbocycles.